The first-order valence-corrected chi connectivity index (χ1v) is 4.13. The first kappa shape index (κ1) is 7.29. The molecule has 60 valence electrons. The summed E-state index contributed by atoms with van der Waals surface area (Å²) >= 11 is 0. The van der Waals surface area contributed by atoms with Crippen LogP contribution in [-0.4, -0.2) is 12.8 Å². The number of allylic oxidation sites excluding steroid dienone is 1. The number of hydrogen-bond acceptors (Lipinski definition) is 1. The molecule has 2 rings (SSSR count). The van der Waals surface area contributed by atoms with Crippen molar-refractivity contribution in [2.24, 2.45) is 4.99 Å². The van der Waals surface area contributed by atoms with E-state index in [4.69, 9.17) is 0 Å². The second-order valence-electron chi connectivity index (χ2n) is 3.00. The van der Waals surface area contributed by atoms with E-state index in [9.17, 15) is 0 Å². The van der Waals surface area contributed by atoms with Gasteiger partial charge >= 0.3 is 0 Å². The molecular weight excluding hydrogens is 146 g/mol. The molecule has 1 heteroatoms. The van der Waals surface area contributed by atoms with Gasteiger partial charge in [-0.2, -0.15) is 0 Å². The highest BCUT2D eigenvalue weighted by Crippen LogP contribution is 2.21. The Morgan fingerprint density at radius 2 is 1.92 bits per heavy atom. The van der Waals surface area contributed by atoms with Gasteiger partial charge in [-0.05, 0) is 23.6 Å². The molecule has 0 spiro atoms. The molecule has 1 aromatic rings. The standard InChI is InChI=1S/C11H11N/c1-9-7-12-8-11(9)10-5-3-2-4-6-10/h2-7H,8H2,1H3. The van der Waals surface area contributed by atoms with E-state index < -0.39 is 0 Å². The molecule has 0 fully saturated rings. The van der Waals surface area contributed by atoms with Crippen LogP contribution in [0.2, 0.25) is 0 Å². The lowest BCUT2D eigenvalue weighted by Gasteiger charge is -2.01. The van der Waals surface area contributed by atoms with Gasteiger partial charge in [-0.15, -0.1) is 0 Å². The molecule has 0 aromatic heterocycles. The molecule has 0 unspecified atom stereocenters. The molecule has 1 heterocycles. The summed E-state index contributed by atoms with van der Waals surface area (Å²) in [5.41, 5.74) is 3.95. The van der Waals surface area contributed by atoms with Gasteiger partial charge in [0, 0.05) is 6.21 Å². The van der Waals surface area contributed by atoms with Crippen molar-refractivity contribution in [1.82, 2.24) is 0 Å². The Hall–Kier alpha value is -1.37. The van der Waals surface area contributed by atoms with Gasteiger partial charge in [0.05, 0.1) is 6.54 Å². The Kier molecular flexibility index (Phi) is 1.78. The van der Waals surface area contributed by atoms with Crippen LogP contribution in [0.1, 0.15) is 12.5 Å². The summed E-state index contributed by atoms with van der Waals surface area (Å²) in [6.07, 6.45) is 1.95. The third-order valence-corrected chi connectivity index (χ3v) is 2.13. The van der Waals surface area contributed by atoms with Gasteiger partial charge in [-0.25, -0.2) is 0 Å². The summed E-state index contributed by atoms with van der Waals surface area (Å²) in [5.74, 6) is 0. The van der Waals surface area contributed by atoms with Crippen LogP contribution >= 0.6 is 0 Å². The van der Waals surface area contributed by atoms with Crippen molar-refractivity contribution in [3.05, 3.63) is 41.5 Å². The highest BCUT2D eigenvalue weighted by molar-refractivity contribution is 5.95. The molecule has 1 aromatic carbocycles. The van der Waals surface area contributed by atoms with Crippen molar-refractivity contribution in [2.45, 2.75) is 6.92 Å². The minimum absolute atomic E-state index is 0.843. The summed E-state index contributed by atoms with van der Waals surface area (Å²) < 4.78 is 0. The fourth-order valence-electron chi connectivity index (χ4n) is 1.43. The average molecular weight is 157 g/mol. The zero-order chi connectivity index (χ0) is 8.39. The quantitative estimate of drug-likeness (QED) is 0.594. The highest BCUT2D eigenvalue weighted by atomic mass is 14.7. The Balaban J connectivity index is 2.40. The summed E-state index contributed by atoms with van der Waals surface area (Å²) in [4.78, 5) is 4.22. The normalized spacial score (nSPS) is 15.8. The zero-order valence-corrected chi connectivity index (χ0v) is 7.12. The maximum Gasteiger partial charge on any atom is 0.0648 e. The van der Waals surface area contributed by atoms with Crippen molar-refractivity contribution < 1.29 is 0 Å². The fourth-order valence-corrected chi connectivity index (χ4v) is 1.43. The zero-order valence-electron chi connectivity index (χ0n) is 7.12. The second-order valence-corrected chi connectivity index (χ2v) is 3.00. The second kappa shape index (κ2) is 2.94. The predicted molar refractivity (Wildman–Crippen MR) is 52.4 cm³/mol. The molecule has 0 aliphatic carbocycles. The van der Waals surface area contributed by atoms with E-state index in [1.807, 2.05) is 12.3 Å². The summed E-state index contributed by atoms with van der Waals surface area (Å²) in [6.45, 7) is 2.95. The molecular formula is C11H11N. The topological polar surface area (TPSA) is 12.4 Å². The Morgan fingerprint density at radius 1 is 1.17 bits per heavy atom. The van der Waals surface area contributed by atoms with E-state index in [0.717, 1.165) is 6.54 Å². The largest absolute Gasteiger partial charge is 0.288 e. The smallest absolute Gasteiger partial charge is 0.0648 e. The maximum absolute atomic E-state index is 4.22. The lowest BCUT2D eigenvalue weighted by atomic mass is 10.0. The van der Waals surface area contributed by atoms with Crippen LogP contribution in [-0.2, 0) is 0 Å². The van der Waals surface area contributed by atoms with Crippen molar-refractivity contribution in [3.8, 4) is 0 Å². The molecule has 0 atom stereocenters. The van der Waals surface area contributed by atoms with E-state index in [2.05, 4.69) is 36.2 Å². The lowest BCUT2D eigenvalue weighted by Crippen LogP contribution is -1.86. The minimum atomic E-state index is 0.843. The molecule has 1 aliphatic rings. The van der Waals surface area contributed by atoms with Crippen LogP contribution in [0, 0.1) is 0 Å². The Morgan fingerprint density at radius 3 is 2.50 bits per heavy atom. The van der Waals surface area contributed by atoms with Crippen LogP contribution in [0.15, 0.2) is 40.9 Å². The van der Waals surface area contributed by atoms with Gasteiger partial charge in [0.15, 0.2) is 0 Å². The first-order chi connectivity index (χ1) is 5.88. The minimum Gasteiger partial charge on any atom is -0.288 e. The van der Waals surface area contributed by atoms with Crippen molar-refractivity contribution in [3.63, 3.8) is 0 Å². The number of nitrogens with zero attached hydrogens (tertiary/aromatic N) is 1. The summed E-state index contributed by atoms with van der Waals surface area (Å²) in [7, 11) is 0. The van der Waals surface area contributed by atoms with Crippen molar-refractivity contribution in [2.75, 3.05) is 6.54 Å². The monoisotopic (exact) mass is 157 g/mol. The fraction of sp³-hybridized carbons (Fsp3) is 0.182. The Bertz CT molecular complexity index is 333. The number of aliphatic imine (C=N–C) groups is 1. The number of hydrogen-bond donors (Lipinski definition) is 0. The van der Waals surface area contributed by atoms with Gasteiger partial charge in [-0.3, -0.25) is 4.99 Å². The molecule has 1 aliphatic heterocycles. The van der Waals surface area contributed by atoms with Gasteiger partial charge in [0.1, 0.15) is 0 Å². The molecule has 0 radical (unpaired) electrons. The molecule has 12 heavy (non-hydrogen) atoms. The molecule has 1 nitrogen and oxygen atoms in total. The van der Waals surface area contributed by atoms with Gasteiger partial charge in [-0.1, -0.05) is 30.3 Å². The van der Waals surface area contributed by atoms with E-state index >= 15 is 0 Å². The van der Waals surface area contributed by atoms with Gasteiger partial charge in [0.25, 0.3) is 0 Å². The average Bonchev–Trinajstić information content (AvgIpc) is 2.53. The SMILES string of the molecule is CC1=C(c2ccccc2)CN=C1. The van der Waals surface area contributed by atoms with Crippen LogP contribution in [0.3, 0.4) is 0 Å². The summed E-state index contributed by atoms with van der Waals surface area (Å²) in [6, 6.07) is 10.4. The third kappa shape index (κ3) is 1.18. The Labute approximate surface area is 72.5 Å². The number of rotatable bonds is 1. The van der Waals surface area contributed by atoms with E-state index in [1.54, 1.807) is 0 Å². The van der Waals surface area contributed by atoms with E-state index in [1.165, 1.54) is 16.7 Å². The van der Waals surface area contributed by atoms with Crippen LogP contribution in [0.25, 0.3) is 5.57 Å². The predicted octanol–water partition coefficient (Wildman–Crippen LogP) is 2.54. The number of benzene rings is 1. The highest BCUT2D eigenvalue weighted by Gasteiger charge is 2.07. The molecule has 0 bridgehead atoms. The van der Waals surface area contributed by atoms with Crippen LogP contribution in [0.4, 0.5) is 0 Å². The van der Waals surface area contributed by atoms with Gasteiger partial charge < -0.3 is 0 Å². The lowest BCUT2D eigenvalue weighted by molar-refractivity contribution is 1.30. The van der Waals surface area contributed by atoms with E-state index in [0.29, 0.717) is 0 Å². The van der Waals surface area contributed by atoms with Crippen molar-refractivity contribution >= 4 is 11.8 Å². The molecule has 0 saturated heterocycles. The van der Waals surface area contributed by atoms with Gasteiger partial charge in [0.2, 0.25) is 0 Å². The van der Waals surface area contributed by atoms with Crippen molar-refractivity contribution in [1.29, 1.82) is 0 Å². The van der Waals surface area contributed by atoms with Crippen LogP contribution < -0.4 is 0 Å². The molecule has 0 amide bonds. The maximum atomic E-state index is 4.22. The first-order valence-electron chi connectivity index (χ1n) is 4.13. The third-order valence-electron chi connectivity index (χ3n) is 2.13. The van der Waals surface area contributed by atoms with Crippen LogP contribution in [0.5, 0.6) is 0 Å². The molecule has 0 saturated carbocycles. The summed E-state index contributed by atoms with van der Waals surface area (Å²) in [5, 5.41) is 0. The molecule has 0 N–H and O–H groups in total. The van der Waals surface area contributed by atoms with E-state index in [-0.39, 0.29) is 0 Å².